The number of carbonyl (C=O) groups is 2. The fourth-order valence-electron chi connectivity index (χ4n) is 3.68. The van der Waals surface area contributed by atoms with Gasteiger partial charge in [0.15, 0.2) is 0 Å². The van der Waals surface area contributed by atoms with Crippen LogP contribution < -0.4 is 0 Å². The molecule has 4 aromatic rings. The van der Waals surface area contributed by atoms with Crippen molar-refractivity contribution in [3.8, 4) is 22.4 Å². The van der Waals surface area contributed by atoms with Gasteiger partial charge in [-0.25, -0.2) is 4.98 Å². The molecule has 0 aliphatic heterocycles. The van der Waals surface area contributed by atoms with Crippen molar-refractivity contribution in [1.82, 2.24) is 4.98 Å². The molecule has 3 nitrogen and oxygen atoms in total. The minimum atomic E-state index is -0.521. The number of carbonyl (C=O) groups excluding carboxylic acids is 2. The van der Waals surface area contributed by atoms with E-state index in [1.165, 1.54) is 0 Å². The normalized spacial score (nSPS) is 12.8. The number of aromatic nitrogens is 1. The number of nitrogens with zero attached hydrogens (tertiary/aromatic N) is 1. The average molecular weight is 370 g/mol. The number of Topliss-reactive ketones (excluding diaryl/α,β-unsaturated/α-hetero) is 2. The van der Waals surface area contributed by atoms with E-state index in [1.807, 2.05) is 48.5 Å². The molecule has 27 heavy (non-hydrogen) atoms. The molecule has 1 heterocycles. The zero-order valence-corrected chi connectivity index (χ0v) is 14.8. The number of fused-ring (bicyclic) bond motifs is 4. The van der Waals surface area contributed by atoms with E-state index in [9.17, 15) is 9.59 Å². The molecular formula is C23H12ClNO2. The van der Waals surface area contributed by atoms with Crippen molar-refractivity contribution >= 4 is 34.1 Å². The number of hydrogen-bond donors (Lipinski definition) is 0. The van der Waals surface area contributed by atoms with Gasteiger partial charge in [-0.3, -0.25) is 9.59 Å². The summed E-state index contributed by atoms with van der Waals surface area (Å²) in [7, 11) is 0. The molecule has 1 aliphatic rings. The molecule has 0 spiro atoms. The van der Waals surface area contributed by atoms with E-state index in [4.69, 9.17) is 16.6 Å². The minimum Gasteiger partial charge on any atom is -0.285 e. The minimum absolute atomic E-state index is 0.361. The summed E-state index contributed by atoms with van der Waals surface area (Å²) in [4.78, 5) is 30.6. The second kappa shape index (κ2) is 5.86. The summed E-state index contributed by atoms with van der Waals surface area (Å²) >= 11 is 6.19. The number of hydrogen-bond acceptors (Lipinski definition) is 3. The van der Waals surface area contributed by atoms with Gasteiger partial charge in [-0.05, 0) is 17.7 Å². The van der Waals surface area contributed by atoms with Gasteiger partial charge < -0.3 is 0 Å². The maximum absolute atomic E-state index is 13.1. The van der Waals surface area contributed by atoms with Gasteiger partial charge in [0.25, 0.3) is 0 Å². The molecule has 1 aromatic heterocycles. The zero-order valence-electron chi connectivity index (χ0n) is 14.1. The Morgan fingerprint density at radius 2 is 1.41 bits per heavy atom. The average Bonchev–Trinajstić information content (AvgIpc) is 2.71. The van der Waals surface area contributed by atoms with Gasteiger partial charge in [0.2, 0.25) is 11.6 Å². The SMILES string of the molecule is O=C1C(=O)c2c(nc3cc(Cl)ccc3c2-c2ccccc2)-c2ccccc21. The first-order chi connectivity index (χ1) is 13.1. The Morgan fingerprint density at radius 1 is 0.704 bits per heavy atom. The molecule has 0 unspecified atom stereocenters. The Morgan fingerprint density at radius 3 is 2.19 bits per heavy atom. The molecule has 0 saturated carbocycles. The first-order valence-corrected chi connectivity index (χ1v) is 8.90. The highest BCUT2D eigenvalue weighted by molar-refractivity contribution is 6.54. The van der Waals surface area contributed by atoms with E-state index in [1.54, 1.807) is 24.3 Å². The molecule has 0 bridgehead atoms. The third-order valence-corrected chi connectivity index (χ3v) is 5.11. The second-order valence-corrected chi connectivity index (χ2v) is 6.88. The van der Waals surface area contributed by atoms with Crippen LogP contribution in [0, 0.1) is 0 Å². The molecule has 0 atom stereocenters. The zero-order chi connectivity index (χ0) is 18.5. The Kier molecular flexibility index (Phi) is 3.46. The summed E-state index contributed by atoms with van der Waals surface area (Å²) in [6.07, 6.45) is 0. The lowest BCUT2D eigenvalue weighted by Crippen LogP contribution is -2.23. The lowest BCUT2D eigenvalue weighted by molar-refractivity contribution is 0.0815. The fraction of sp³-hybridized carbons (Fsp3) is 0. The topological polar surface area (TPSA) is 47.0 Å². The van der Waals surface area contributed by atoms with Gasteiger partial charge >= 0.3 is 0 Å². The van der Waals surface area contributed by atoms with Gasteiger partial charge in [-0.15, -0.1) is 0 Å². The largest absolute Gasteiger partial charge is 0.285 e. The highest BCUT2D eigenvalue weighted by Gasteiger charge is 2.34. The summed E-state index contributed by atoms with van der Waals surface area (Å²) in [6.45, 7) is 0. The van der Waals surface area contributed by atoms with Gasteiger partial charge in [0.1, 0.15) is 0 Å². The molecule has 5 rings (SSSR count). The van der Waals surface area contributed by atoms with Crippen LogP contribution in [0.4, 0.5) is 0 Å². The van der Waals surface area contributed by atoms with Crippen LogP contribution in [0.25, 0.3) is 33.3 Å². The van der Waals surface area contributed by atoms with Crippen LogP contribution in [-0.4, -0.2) is 16.6 Å². The summed E-state index contributed by atoms with van der Waals surface area (Å²) in [5.74, 6) is -1.02. The Hall–Kier alpha value is -3.30. The summed E-state index contributed by atoms with van der Waals surface area (Å²) in [5, 5.41) is 1.37. The number of ketones is 2. The van der Waals surface area contributed by atoms with Crippen LogP contribution in [0.15, 0.2) is 72.8 Å². The first-order valence-electron chi connectivity index (χ1n) is 8.52. The van der Waals surface area contributed by atoms with E-state index in [0.717, 1.165) is 16.5 Å². The first kappa shape index (κ1) is 15.9. The number of benzene rings is 3. The van der Waals surface area contributed by atoms with E-state index in [2.05, 4.69) is 0 Å². The predicted molar refractivity (Wildman–Crippen MR) is 106 cm³/mol. The summed E-state index contributed by atoms with van der Waals surface area (Å²) < 4.78 is 0. The standard InChI is InChI=1S/C23H12ClNO2/c24-14-10-11-17-18(12-14)25-21-15-8-4-5-9-16(15)22(26)23(27)20(21)19(17)13-6-2-1-3-7-13/h1-12H. The molecule has 0 N–H and O–H groups in total. The van der Waals surface area contributed by atoms with Crippen LogP contribution in [0.5, 0.6) is 0 Å². The van der Waals surface area contributed by atoms with Crippen molar-refractivity contribution in [2.45, 2.75) is 0 Å². The van der Waals surface area contributed by atoms with Crippen molar-refractivity contribution in [1.29, 1.82) is 0 Å². The van der Waals surface area contributed by atoms with Crippen LogP contribution in [0.3, 0.4) is 0 Å². The van der Waals surface area contributed by atoms with Gasteiger partial charge in [-0.1, -0.05) is 72.3 Å². The van der Waals surface area contributed by atoms with E-state index >= 15 is 0 Å². The van der Waals surface area contributed by atoms with E-state index in [-0.39, 0.29) is 0 Å². The van der Waals surface area contributed by atoms with Crippen molar-refractivity contribution in [2.24, 2.45) is 0 Å². The van der Waals surface area contributed by atoms with Crippen LogP contribution in [-0.2, 0) is 0 Å². The predicted octanol–water partition coefficient (Wildman–Crippen LogP) is 5.60. The fourth-order valence-corrected chi connectivity index (χ4v) is 3.85. The lowest BCUT2D eigenvalue weighted by Gasteiger charge is -2.21. The number of halogens is 1. The second-order valence-electron chi connectivity index (χ2n) is 6.44. The number of pyridine rings is 1. The lowest BCUT2D eigenvalue weighted by atomic mass is 9.82. The van der Waals surface area contributed by atoms with Gasteiger partial charge in [-0.2, -0.15) is 0 Å². The van der Waals surface area contributed by atoms with Crippen LogP contribution in [0.1, 0.15) is 20.7 Å². The third-order valence-electron chi connectivity index (χ3n) is 4.87. The summed E-state index contributed by atoms with van der Waals surface area (Å²) in [5.41, 5.74) is 4.24. The molecule has 0 radical (unpaired) electrons. The van der Waals surface area contributed by atoms with Crippen molar-refractivity contribution in [3.05, 3.63) is 88.9 Å². The highest BCUT2D eigenvalue weighted by atomic mass is 35.5. The third kappa shape index (κ3) is 2.32. The monoisotopic (exact) mass is 369 g/mol. The maximum Gasteiger partial charge on any atom is 0.236 e. The van der Waals surface area contributed by atoms with Crippen molar-refractivity contribution in [3.63, 3.8) is 0 Å². The smallest absolute Gasteiger partial charge is 0.236 e. The number of rotatable bonds is 1. The van der Waals surface area contributed by atoms with Crippen molar-refractivity contribution in [2.75, 3.05) is 0 Å². The molecule has 4 heteroatoms. The van der Waals surface area contributed by atoms with E-state index < -0.39 is 11.6 Å². The van der Waals surface area contributed by atoms with Crippen molar-refractivity contribution < 1.29 is 9.59 Å². The molecule has 3 aromatic carbocycles. The Bertz CT molecular complexity index is 1260. The molecule has 0 fully saturated rings. The van der Waals surface area contributed by atoms with Gasteiger partial charge in [0, 0.05) is 27.1 Å². The van der Waals surface area contributed by atoms with Crippen LogP contribution >= 0.6 is 11.6 Å². The summed E-state index contributed by atoms with van der Waals surface area (Å²) in [6, 6.07) is 22.1. The molecular weight excluding hydrogens is 358 g/mol. The molecule has 0 saturated heterocycles. The highest BCUT2D eigenvalue weighted by Crippen LogP contribution is 2.41. The Labute approximate surface area is 160 Å². The Balaban J connectivity index is 2.00. The molecule has 0 amide bonds. The molecule has 1 aliphatic carbocycles. The maximum atomic E-state index is 13.1. The van der Waals surface area contributed by atoms with Crippen LogP contribution in [0.2, 0.25) is 5.02 Å². The quantitative estimate of drug-likeness (QED) is 0.410. The van der Waals surface area contributed by atoms with E-state index in [0.29, 0.717) is 32.9 Å². The molecule has 128 valence electrons. The van der Waals surface area contributed by atoms with Gasteiger partial charge in [0.05, 0.1) is 16.8 Å².